The van der Waals surface area contributed by atoms with Crippen LogP contribution >= 0.6 is 0 Å². The molecule has 7 heteroatoms. The summed E-state index contributed by atoms with van der Waals surface area (Å²) in [6.45, 7) is 2.39. The van der Waals surface area contributed by atoms with Crippen molar-refractivity contribution in [2.24, 2.45) is 0 Å². The predicted octanol–water partition coefficient (Wildman–Crippen LogP) is 2.74. The van der Waals surface area contributed by atoms with Crippen LogP contribution in [0.3, 0.4) is 0 Å². The third-order valence-corrected chi connectivity index (χ3v) is 4.84. The van der Waals surface area contributed by atoms with E-state index in [1.807, 2.05) is 54.6 Å². The summed E-state index contributed by atoms with van der Waals surface area (Å²) in [5.74, 6) is 0.511. The number of aromatic amines is 1. The van der Waals surface area contributed by atoms with Gasteiger partial charge >= 0.3 is 0 Å². The number of hydrogen-bond donors (Lipinski definition) is 2. The predicted molar refractivity (Wildman–Crippen MR) is 115 cm³/mol. The second-order valence-corrected chi connectivity index (χ2v) is 6.87. The number of H-pyrrole nitrogens is 1. The maximum Gasteiger partial charge on any atom is 0.276 e. The van der Waals surface area contributed by atoms with E-state index in [1.54, 1.807) is 19.2 Å². The molecule has 0 radical (unpaired) electrons. The van der Waals surface area contributed by atoms with Gasteiger partial charge in [0.25, 0.3) is 5.56 Å². The van der Waals surface area contributed by atoms with Crippen molar-refractivity contribution in [1.82, 2.24) is 19.9 Å². The second-order valence-electron chi connectivity index (χ2n) is 6.87. The van der Waals surface area contributed by atoms with Gasteiger partial charge in [-0.15, -0.1) is 0 Å². The molecule has 0 atom stereocenters. The van der Waals surface area contributed by atoms with E-state index in [2.05, 4.69) is 15.4 Å². The zero-order valence-corrected chi connectivity index (χ0v) is 16.6. The first-order valence-corrected chi connectivity index (χ1v) is 9.73. The maximum atomic E-state index is 12.5. The molecule has 1 amide bonds. The van der Waals surface area contributed by atoms with Gasteiger partial charge < -0.3 is 10.1 Å². The van der Waals surface area contributed by atoms with Crippen molar-refractivity contribution in [3.63, 3.8) is 0 Å². The molecule has 0 aliphatic carbocycles. The highest BCUT2D eigenvalue weighted by Crippen LogP contribution is 2.29. The van der Waals surface area contributed by atoms with E-state index in [4.69, 9.17) is 4.74 Å². The number of aromatic nitrogens is 3. The standard InChI is InChI=1S/C23H22N4O3/c1-16-19(23(29)27-21(26-16)11-12-25-27)15-22(28)24-13-14-30-20-10-6-5-9-18(20)17-7-3-2-4-8-17/h2-12,25H,13-15H2,1H3,(H,24,28). The van der Waals surface area contributed by atoms with Crippen molar-refractivity contribution < 1.29 is 9.53 Å². The van der Waals surface area contributed by atoms with Gasteiger partial charge in [-0.05, 0) is 18.6 Å². The fraction of sp³-hybridized carbons (Fsp3) is 0.174. The van der Waals surface area contributed by atoms with Crippen LogP contribution in [0.25, 0.3) is 16.8 Å². The monoisotopic (exact) mass is 402 g/mol. The van der Waals surface area contributed by atoms with Crippen LogP contribution in [0.2, 0.25) is 0 Å². The number of aryl methyl sites for hydroxylation is 1. The number of fused-ring (bicyclic) bond motifs is 1. The van der Waals surface area contributed by atoms with Gasteiger partial charge in [-0.25, -0.2) is 9.50 Å². The number of nitrogens with one attached hydrogen (secondary N) is 2. The molecule has 4 aromatic rings. The van der Waals surface area contributed by atoms with Crippen LogP contribution in [0, 0.1) is 6.92 Å². The number of ether oxygens (including phenoxy) is 1. The molecule has 30 heavy (non-hydrogen) atoms. The highest BCUT2D eigenvalue weighted by molar-refractivity contribution is 5.78. The molecule has 2 N–H and O–H groups in total. The van der Waals surface area contributed by atoms with E-state index in [9.17, 15) is 9.59 Å². The molecule has 0 fully saturated rings. The zero-order chi connectivity index (χ0) is 20.9. The Morgan fingerprint density at radius 2 is 1.87 bits per heavy atom. The topological polar surface area (TPSA) is 88.5 Å². The lowest BCUT2D eigenvalue weighted by atomic mass is 10.1. The van der Waals surface area contributed by atoms with Crippen molar-refractivity contribution in [2.45, 2.75) is 13.3 Å². The Balaban J connectivity index is 1.35. The molecule has 0 saturated heterocycles. The SMILES string of the molecule is Cc1nc2cc[nH]n2c(=O)c1CC(=O)NCCOc1ccccc1-c1ccccc1. The lowest BCUT2D eigenvalue weighted by molar-refractivity contribution is -0.120. The van der Waals surface area contributed by atoms with E-state index in [1.165, 1.54) is 4.52 Å². The zero-order valence-electron chi connectivity index (χ0n) is 16.6. The van der Waals surface area contributed by atoms with Crippen molar-refractivity contribution in [2.75, 3.05) is 13.2 Å². The summed E-state index contributed by atoms with van der Waals surface area (Å²) in [6, 6.07) is 19.5. The van der Waals surface area contributed by atoms with Gasteiger partial charge in [0.1, 0.15) is 12.4 Å². The first-order valence-electron chi connectivity index (χ1n) is 9.73. The van der Waals surface area contributed by atoms with E-state index in [0.29, 0.717) is 30.1 Å². The second kappa shape index (κ2) is 8.65. The molecule has 152 valence electrons. The summed E-state index contributed by atoms with van der Waals surface area (Å²) >= 11 is 0. The maximum absolute atomic E-state index is 12.5. The Hall–Kier alpha value is -3.87. The van der Waals surface area contributed by atoms with Gasteiger partial charge in [0.05, 0.1) is 13.0 Å². The molecule has 4 rings (SSSR count). The minimum Gasteiger partial charge on any atom is -0.491 e. The fourth-order valence-electron chi connectivity index (χ4n) is 3.33. The van der Waals surface area contributed by atoms with Crippen LogP contribution in [0.15, 0.2) is 71.7 Å². The summed E-state index contributed by atoms with van der Waals surface area (Å²) < 4.78 is 7.22. The molecule has 0 spiro atoms. The minimum atomic E-state index is -0.259. The van der Waals surface area contributed by atoms with Gasteiger partial charge in [-0.3, -0.25) is 14.7 Å². The van der Waals surface area contributed by atoms with Gasteiger partial charge in [0, 0.05) is 29.1 Å². The molecular weight excluding hydrogens is 380 g/mol. The van der Waals surface area contributed by atoms with E-state index < -0.39 is 0 Å². The molecule has 0 aliphatic heterocycles. The molecule has 0 unspecified atom stereocenters. The molecule has 2 aromatic heterocycles. The van der Waals surface area contributed by atoms with Gasteiger partial charge in [-0.2, -0.15) is 0 Å². The van der Waals surface area contributed by atoms with E-state index >= 15 is 0 Å². The summed E-state index contributed by atoms with van der Waals surface area (Å²) in [6.07, 6.45) is 1.61. The Morgan fingerprint density at radius 1 is 1.10 bits per heavy atom. The van der Waals surface area contributed by atoms with Crippen LogP contribution in [-0.2, 0) is 11.2 Å². The normalized spacial score (nSPS) is 10.8. The molecule has 7 nitrogen and oxygen atoms in total. The summed E-state index contributed by atoms with van der Waals surface area (Å²) in [7, 11) is 0. The molecular formula is C23H22N4O3. The smallest absolute Gasteiger partial charge is 0.276 e. The first-order chi connectivity index (χ1) is 14.6. The van der Waals surface area contributed by atoms with Crippen LogP contribution in [-0.4, -0.2) is 33.7 Å². The third kappa shape index (κ3) is 4.10. The first kappa shape index (κ1) is 19.4. The fourth-order valence-corrected chi connectivity index (χ4v) is 3.33. The van der Waals surface area contributed by atoms with E-state index in [0.717, 1.165) is 16.9 Å². The van der Waals surface area contributed by atoms with Crippen LogP contribution in [0.5, 0.6) is 5.75 Å². The number of carbonyl (C=O) groups excluding carboxylic acids is 1. The summed E-state index contributed by atoms with van der Waals surface area (Å²) in [4.78, 5) is 29.2. The average molecular weight is 402 g/mol. The van der Waals surface area contributed by atoms with Crippen LogP contribution in [0.4, 0.5) is 0 Å². The Labute approximate surface area is 173 Å². The number of hydrogen-bond acceptors (Lipinski definition) is 4. The summed E-state index contributed by atoms with van der Waals surface area (Å²) in [5, 5.41) is 5.61. The van der Waals surface area contributed by atoms with Crippen molar-refractivity contribution >= 4 is 11.6 Å². The number of carbonyl (C=O) groups is 1. The van der Waals surface area contributed by atoms with Crippen molar-refractivity contribution in [3.05, 3.63) is 88.5 Å². The number of nitrogens with zero attached hydrogens (tertiary/aromatic N) is 2. The van der Waals surface area contributed by atoms with Crippen LogP contribution < -0.4 is 15.6 Å². The largest absolute Gasteiger partial charge is 0.491 e. The molecule has 0 bridgehead atoms. The van der Waals surface area contributed by atoms with Gasteiger partial charge in [0.15, 0.2) is 5.65 Å². The molecule has 2 heterocycles. The Bertz CT molecular complexity index is 1230. The number of benzene rings is 2. The minimum absolute atomic E-state index is 0.0276. The number of para-hydroxylation sites is 1. The molecule has 0 aliphatic rings. The highest BCUT2D eigenvalue weighted by Gasteiger charge is 2.14. The Morgan fingerprint density at radius 3 is 2.70 bits per heavy atom. The lowest BCUT2D eigenvalue weighted by Crippen LogP contribution is -2.32. The number of amides is 1. The lowest BCUT2D eigenvalue weighted by Gasteiger charge is -2.12. The Kier molecular flexibility index (Phi) is 5.61. The summed E-state index contributed by atoms with van der Waals surface area (Å²) in [5.41, 5.74) is 3.28. The van der Waals surface area contributed by atoms with Crippen molar-refractivity contribution in [1.29, 1.82) is 0 Å². The van der Waals surface area contributed by atoms with E-state index in [-0.39, 0.29) is 17.9 Å². The average Bonchev–Trinajstić information content (AvgIpc) is 3.24. The van der Waals surface area contributed by atoms with Gasteiger partial charge in [0.2, 0.25) is 5.91 Å². The van der Waals surface area contributed by atoms with Gasteiger partial charge in [-0.1, -0.05) is 48.5 Å². The number of rotatable bonds is 7. The van der Waals surface area contributed by atoms with Crippen molar-refractivity contribution in [3.8, 4) is 16.9 Å². The molecule has 2 aromatic carbocycles. The van der Waals surface area contributed by atoms with Crippen LogP contribution in [0.1, 0.15) is 11.3 Å². The quantitative estimate of drug-likeness (QED) is 0.465. The highest BCUT2D eigenvalue weighted by atomic mass is 16.5. The third-order valence-electron chi connectivity index (χ3n) is 4.84. The molecule has 0 saturated carbocycles.